The average molecular weight is 427 g/mol. The number of aromatic nitrogens is 1. The Morgan fingerprint density at radius 1 is 0.938 bits per heavy atom. The molecule has 0 aliphatic carbocycles. The van der Waals surface area contributed by atoms with Gasteiger partial charge in [-0.2, -0.15) is 0 Å². The van der Waals surface area contributed by atoms with Gasteiger partial charge in [0, 0.05) is 40.9 Å². The van der Waals surface area contributed by atoms with Crippen molar-refractivity contribution in [1.29, 1.82) is 0 Å². The second-order valence-corrected chi connectivity index (χ2v) is 9.05. The Labute approximate surface area is 186 Å². The zero-order chi connectivity index (χ0) is 21.7. The molecule has 0 spiro atoms. The number of imide groups is 1. The van der Waals surface area contributed by atoms with Gasteiger partial charge in [0.25, 0.3) is 11.8 Å². The van der Waals surface area contributed by atoms with E-state index in [0.29, 0.717) is 17.2 Å². The van der Waals surface area contributed by atoms with Gasteiger partial charge in [-0.05, 0) is 56.5 Å². The number of nitrogens with one attached hydrogen (secondary N) is 2. The number of fused-ring (bicyclic) bond motifs is 3. The number of hydrogen-bond acceptors (Lipinski definition) is 4. The Bertz CT molecular complexity index is 1250. The molecule has 2 N–H and O–H groups in total. The van der Waals surface area contributed by atoms with Crippen molar-refractivity contribution in [2.45, 2.75) is 25.8 Å². The van der Waals surface area contributed by atoms with Crippen LogP contribution in [-0.2, 0) is 22.6 Å². The molecule has 6 nitrogen and oxygen atoms in total. The van der Waals surface area contributed by atoms with E-state index in [1.807, 2.05) is 42.5 Å². The number of amides is 2. The maximum absolute atomic E-state index is 13.0. The monoisotopic (exact) mass is 426 g/mol. The lowest BCUT2D eigenvalue weighted by molar-refractivity contribution is -0.123. The van der Waals surface area contributed by atoms with Gasteiger partial charge in [0.2, 0.25) is 0 Å². The number of likely N-dealkylation sites (tertiary alicyclic amines) is 1. The van der Waals surface area contributed by atoms with Crippen molar-refractivity contribution >= 4 is 34.0 Å². The van der Waals surface area contributed by atoms with Crippen molar-refractivity contribution in [2.24, 2.45) is 5.92 Å². The quantitative estimate of drug-likeness (QED) is 0.614. The molecular weight excluding hydrogens is 400 g/mol. The van der Waals surface area contributed by atoms with Gasteiger partial charge in [0.15, 0.2) is 0 Å². The van der Waals surface area contributed by atoms with Crippen LogP contribution in [0, 0.1) is 5.92 Å². The number of hydrogen-bond donors (Lipinski definition) is 2. The summed E-state index contributed by atoms with van der Waals surface area (Å²) in [5.74, 6) is -0.169. The van der Waals surface area contributed by atoms with Crippen LogP contribution in [0.5, 0.6) is 0 Å². The predicted molar refractivity (Wildman–Crippen MR) is 125 cm³/mol. The van der Waals surface area contributed by atoms with Crippen LogP contribution < -0.4 is 10.6 Å². The summed E-state index contributed by atoms with van der Waals surface area (Å²) >= 11 is 0. The number of anilines is 1. The molecule has 32 heavy (non-hydrogen) atoms. The number of nitrogens with zero attached hydrogens (tertiary/aromatic N) is 2. The average Bonchev–Trinajstić information content (AvgIpc) is 3.56. The van der Waals surface area contributed by atoms with Crippen molar-refractivity contribution < 1.29 is 9.59 Å². The maximum Gasteiger partial charge on any atom is 0.275 e. The minimum absolute atomic E-state index is 0.324. The van der Waals surface area contributed by atoms with Crippen molar-refractivity contribution in [2.75, 3.05) is 25.0 Å². The highest BCUT2D eigenvalue weighted by Crippen LogP contribution is 2.40. The number of para-hydroxylation sites is 2. The molecule has 3 aromatic rings. The highest BCUT2D eigenvalue weighted by Gasteiger charge is 2.38. The summed E-state index contributed by atoms with van der Waals surface area (Å²) in [4.78, 5) is 28.4. The van der Waals surface area contributed by atoms with Crippen molar-refractivity contribution in [1.82, 2.24) is 14.8 Å². The smallest absolute Gasteiger partial charge is 0.275 e. The summed E-state index contributed by atoms with van der Waals surface area (Å²) in [5.41, 5.74) is 4.81. The van der Waals surface area contributed by atoms with E-state index in [-0.39, 0.29) is 11.8 Å². The molecule has 0 bridgehead atoms. The number of rotatable bonds is 5. The van der Waals surface area contributed by atoms with Crippen molar-refractivity contribution in [3.05, 3.63) is 71.6 Å². The van der Waals surface area contributed by atoms with Crippen LogP contribution >= 0.6 is 0 Å². The lowest BCUT2D eigenvalue weighted by Crippen LogP contribution is -2.27. The summed E-state index contributed by atoms with van der Waals surface area (Å²) in [6.07, 6.45) is 3.50. The molecule has 2 aromatic carbocycles. The first-order chi connectivity index (χ1) is 15.7. The Hall–Kier alpha value is -3.38. The van der Waals surface area contributed by atoms with Crippen LogP contribution in [-0.4, -0.2) is 40.9 Å². The molecule has 3 aliphatic heterocycles. The Morgan fingerprint density at radius 2 is 1.69 bits per heavy atom. The highest BCUT2D eigenvalue weighted by atomic mass is 16.2. The third-order valence-electron chi connectivity index (χ3n) is 6.94. The topological polar surface area (TPSA) is 66.4 Å². The van der Waals surface area contributed by atoms with E-state index in [9.17, 15) is 9.59 Å². The number of carbonyl (C=O) groups excluding carboxylic acids is 2. The minimum Gasteiger partial charge on any atom is -0.350 e. The van der Waals surface area contributed by atoms with Gasteiger partial charge in [-0.1, -0.05) is 36.4 Å². The Morgan fingerprint density at radius 3 is 2.50 bits per heavy atom. The van der Waals surface area contributed by atoms with E-state index in [1.54, 1.807) is 0 Å². The van der Waals surface area contributed by atoms with E-state index < -0.39 is 0 Å². The number of carbonyl (C=O) groups is 2. The summed E-state index contributed by atoms with van der Waals surface area (Å²) in [7, 11) is 0. The Balaban J connectivity index is 1.46. The van der Waals surface area contributed by atoms with E-state index in [2.05, 4.69) is 32.2 Å². The van der Waals surface area contributed by atoms with E-state index in [4.69, 9.17) is 0 Å². The summed E-state index contributed by atoms with van der Waals surface area (Å²) in [6.45, 7) is 4.42. The highest BCUT2D eigenvalue weighted by molar-refractivity contribution is 6.38. The molecular formula is C26H26N4O2. The minimum atomic E-state index is -0.371. The molecule has 2 amide bonds. The lowest BCUT2D eigenvalue weighted by Gasteiger charge is -2.19. The van der Waals surface area contributed by atoms with E-state index >= 15 is 0 Å². The van der Waals surface area contributed by atoms with Gasteiger partial charge in [-0.3, -0.25) is 14.9 Å². The largest absolute Gasteiger partial charge is 0.350 e. The molecule has 1 atom stereocenters. The van der Waals surface area contributed by atoms with Gasteiger partial charge >= 0.3 is 0 Å². The molecule has 162 valence electrons. The second kappa shape index (κ2) is 7.64. The summed E-state index contributed by atoms with van der Waals surface area (Å²) < 4.78 is 2.37. The van der Waals surface area contributed by atoms with Crippen LogP contribution in [0.15, 0.2) is 60.3 Å². The fourth-order valence-electron chi connectivity index (χ4n) is 5.58. The summed E-state index contributed by atoms with van der Waals surface area (Å²) in [5, 5.41) is 6.77. The van der Waals surface area contributed by atoms with Crippen LogP contribution in [0.4, 0.5) is 5.69 Å². The fourth-order valence-corrected chi connectivity index (χ4v) is 5.58. The fraction of sp³-hybridized carbons (Fsp3) is 0.308. The predicted octanol–water partition coefficient (Wildman–Crippen LogP) is 3.39. The normalized spacial score (nSPS) is 20.9. The van der Waals surface area contributed by atoms with Crippen molar-refractivity contribution in [3.63, 3.8) is 0 Å². The lowest BCUT2D eigenvalue weighted by atomic mass is 9.96. The van der Waals surface area contributed by atoms with Crippen LogP contribution in [0.1, 0.15) is 24.1 Å². The molecule has 1 fully saturated rings. The zero-order valence-electron chi connectivity index (χ0n) is 17.9. The van der Waals surface area contributed by atoms with Gasteiger partial charge in [-0.25, -0.2) is 0 Å². The molecule has 4 heterocycles. The molecule has 1 saturated heterocycles. The van der Waals surface area contributed by atoms with Crippen molar-refractivity contribution in [3.8, 4) is 0 Å². The zero-order valence-corrected chi connectivity index (χ0v) is 17.9. The first-order valence-electron chi connectivity index (χ1n) is 11.4. The molecule has 0 saturated carbocycles. The molecule has 6 heteroatoms. The third-order valence-corrected chi connectivity index (χ3v) is 6.94. The molecule has 6 rings (SSSR count). The molecule has 1 aromatic heterocycles. The molecule has 0 unspecified atom stereocenters. The summed E-state index contributed by atoms with van der Waals surface area (Å²) in [6, 6.07) is 17.8. The standard InChI is InChI=1S/C26H26N4O2/c31-25-23(24(26(32)28-25)27-18-8-2-1-3-9-18)22-19-10-4-5-11-20(19)30-16-17(14-21(22)30)15-29-12-6-7-13-29/h1-5,8-11,17H,6-7,12-16H2,(H2,27,28,31,32)/t17-/m1/s1. The first kappa shape index (κ1) is 19.3. The maximum atomic E-state index is 13.0. The van der Waals surface area contributed by atoms with Crippen LogP contribution in [0.2, 0.25) is 0 Å². The van der Waals surface area contributed by atoms with E-state index in [0.717, 1.165) is 41.7 Å². The van der Waals surface area contributed by atoms with Crippen LogP contribution in [0.3, 0.4) is 0 Å². The van der Waals surface area contributed by atoms with E-state index in [1.165, 1.54) is 31.6 Å². The Kier molecular flexibility index (Phi) is 4.61. The van der Waals surface area contributed by atoms with Gasteiger partial charge in [-0.15, -0.1) is 0 Å². The first-order valence-corrected chi connectivity index (χ1v) is 11.4. The second-order valence-electron chi connectivity index (χ2n) is 9.05. The van der Waals surface area contributed by atoms with Gasteiger partial charge < -0.3 is 14.8 Å². The van der Waals surface area contributed by atoms with Gasteiger partial charge in [0.05, 0.1) is 5.57 Å². The molecule has 0 radical (unpaired) electrons. The number of benzene rings is 2. The van der Waals surface area contributed by atoms with Gasteiger partial charge in [0.1, 0.15) is 5.70 Å². The SMILES string of the molecule is O=C1NC(=O)C(c2c3n(c4ccccc24)C[C@@H](CN2CCCC2)C3)=C1Nc1ccccc1. The van der Waals surface area contributed by atoms with Crippen LogP contribution in [0.25, 0.3) is 16.5 Å². The third kappa shape index (κ3) is 3.14. The molecule has 3 aliphatic rings.